The summed E-state index contributed by atoms with van der Waals surface area (Å²) in [7, 11) is 0. The molecular weight excluding hydrogens is 324 g/mol. The lowest BCUT2D eigenvalue weighted by Crippen LogP contribution is -2.27. The number of nitrogens with zero attached hydrogens (tertiary/aromatic N) is 1. The van der Waals surface area contributed by atoms with Gasteiger partial charge in [-0.3, -0.25) is 9.78 Å². The van der Waals surface area contributed by atoms with Crippen molar-refractivity contribution in [3.05, 3.63) is 40.0 Å². The summed E-state index contributed by atoms with van der Waals surface area (Å²) < 4.78 is 5.51. The Hall–Kier alpha value is -1.65. The van der Waals surface area contributed by atoms with Crippen molar-refractivity contribution < 1.29 is 9.53 Å². The highest BCUT2D eigenvalue weighted by molar-refractivity contribution is 6.31. The van der Waals surface area contributed by atoms with Crippen molar-refractivity contribution in [2.24, 2.45) is 0 Å². The molecule has 1 aromatic carbocycles. The zero-order valence-corrected chi connectivity index (χ0v) is 14.9. The van der Waals surface area contributed by atoms with E-state index in [0.29, 0.717) is 18.2 Å². The van der Waals surface area contributed by atoms with Gasteiger partial charge in [0.1, 0.15) is 0 Å². The quantitative estimate of drug-likeness (QED) is 0.806. The number of pyridine rings is 1. The van der Waals surface area contributed by atoms with Gasteiger partial charge >= 0.3 is 0 Å². The summed E-state index contributed by atoms with van der Waals surface area (Å²) in [4.78, 5) is 17.5. The van der Waals surface area contributed by atoms with E-state index in [9.17, 15) is 4.79 Å². The van der Waals surface area contributed by atoms with Crippen LogP contribution in [0.3, 0.4) is 0 Å². The average Bonchev–Trinajstić information content (AvgIpc) is 2.99. The van der Waals surface area contributed by atoms with E-state index in [1.165, 1.54) is 0 Å². The third-order valence-corrected chi connectivity index (χ3v) is 4.49. The van der Waals surface area contributed by atoms with Crippen molar-refractivity contribution in [1.82, 2.24) is 10.3 Å². The molecule has 0 fully saturated rings. The molecule has 24 heavy (non-hydrogen) atoms. The molecule has 128 valence electrons. The zero-order valence-electron chi connectivity index (χ0n) is 14.2. The lowest BCUT2D eigenvalue weighted by atomic mass is 10.0. The number of carbonyl (C=O) groups is 1. The first-order chi connectivity index (χ1) is 11.6. The number of fused-ring (bicyclic) bond motifs is 2. The van der Waals surface area contributed by atoms with Crippen LogP contribution in [0.5, 0.6) is 0 Å². The highest BCUT2D eigenvalue weighted by Crippen LogP contribution is 2.31. The van der Waals surface area contributed by atoms with Crippen LogP contribution in [0.15, 0.2) is 18.2 Å². The first-order valence-electron chi connectivity index (χ1n) is 8.57. The third kappa shape index (κ3) is 3.70. The van der Waals surface area contributed by atoms with Gasteiger partial charge in [-0.25, -0.2) is 0 Å². The molecule has 0 atom stereocenters. The molecule has 0 bridgehead atoms. The Kier molecular flexibility index (Phi) is 5.36. The Balaban J connectivity index is 1.82. The van der Waals surface area contributed by atoms with Gasteiger partial charge in [0, 0.05) is 29.3 Å². The zero-order chi connectivity index (χ0) is 17.1. The van der Waals surface area contributed by atoms with Crippen LogP contribution in [0.2, 0.25) is 5.02 Å². The molecule has 1 N–H and O–H groups in total. The summed E-state index contributed by atoms with van der Waals surface area (Å²) in [6.07, 6.45) is 3.92. The first-order valence-corrected chi connectivity index (χ1v) is 8.95. The maximum Gasteiger partial charge on any atom is 0.252 e. The molecule has 4 nitrogen and oxygen atoms in total. The number of hydrogen-bond donors (Lipinski definition) is 1. The molecule has 0 spiro atoms. The largest absolute Gasteiger partial charge is 0.379 e. The molecule has 0 radical (unpaired) electrons. The van der Waals surface area contributed by atoms with E-state index < -0.39 is 0 Å². The molecule has 1 heterocycles. The van der Waals surface area contributed by atoms with Gasteiger partial charge in [0.15, 0.2) is 0 Å². The second-order valence-corrected chi connectivity index (χ2v) is 6.89. The van der Waals surface area contributed by atoms with Gasteiger partial charge in [0.2, 0.25) is 0 Å². The van der Waals surface area contributed by atoms with Gasteiger partial charge in [-0.1, -0.05) is 11.6 Å². The second-order valence-electron chi connectivity index (χ2n) is 6.46. The Morgan fingerprint density at radius 1 is 1.38 bits per heavy atom. The molecule has 1 aliphatic carbocycles. The Bertz CT molecular complexity index is 759. The molecule has 0 saturated heterocycles. The van der Waals surface area contributed by atoms with Crippen molar-refractivity contribution in [1.29, 1.82) is 0 Å². The van der Waals surface area contributed by atoms with Crippen molar-refractivity contribution in [2.45, 2.75) is 45.6 Å². The highest BCUT2D eigenvalue weighted by atomic mass is 35.5. The minimum absolute atomic E-state index is 0.0348. The van der Waals surface area contributed by atoms with Crippen LogP contribution in [0.4, 0.5) is 0 Å². The number of amides is 1. The molecular formula is C19H23ClN2O2. The van der Waals surface area contributed by atoms with Crippen molar-refractivity contribution in [3.8, 4) is 0 Å². The maximum absolute atomic E-state index is 12.8. The normalized spacial score (nSPS) is 13.5. The molecule has 3 rings (SSSR count). The standard InChI is InChI=1S/C19H23ClN2O2/c1-12(2)24-10-4-9-21-19(23)18-14-5-3-6-16(14)22-17-8-7-13(20)11-15(17)18/h7-8,11-12H,3-6,9-10H2,1-2H3,(H,21,23). The SMILES string of the molecule is CC(C)OCCCNC(=O)c1c2c(nc3ccc(Cl)cc13)CCC2. The van der Waals surface area contributed by atoms with Crippen LogP contribution in [0, 0.1) is 0 Å². The lowest BCUT2D eigenvalue weighted by molar-refractivity contribution is 0.0757. The summed E-state index contributed by atoms with van der Waals surface area (Å²) in [6.45, 7) is 5.27. The number of ether oxygens (including phenoxy) is 1. The summed E-state index contributed by atoms with van der Waals surface area (Å²) in [5.74, 6) is -0.0348. The Morgan fingerprint density at radius 2 is 2.21 bits per heavy atom. The Labute approximate surface area is 147 Å². The fraction of sp³-hybridized carbons (Fsp3) is 0.474. The minimum Gasteiger partial charge on any atom is -0.379 e. The molecule has 0 unspecified atom stereocenters. The lowest BCUT2D eigenvalue weighted by Gasteiger charge is -2.13. The van der Waals surface area contributed by atoms with Crippen LogP contribution >= 0.6 is 11.6 Å². The molecule has 1 amide bonds. The number of carbonyl (C=O) groups excluding carboxylic acids is 1. The van der Waals surface area contributed by atoms with E-state index in [1.54, 1.807) is 0 Å². The molecule has 1 aromatic heterocycles. The number of benzene rings is 1. The van der Waals surface area contributed by atoms with Crippen LogP contribution in [0.1, 0.15) is 48.3 Å². The summed E-state index contributed by atoms with van der Waals surface area (Å²) in [6, 6.07) is 5.56. The summed E-state index contributed by atoms with van der Waals surface area (Å²) in [5, 5.41) is 4.50. The van der Waals surface area contributed by atoms with Crippen LogP contribution < -0.4 is 5.32 Å². The number of aromatic nitrogens is 1. The number of aryl methyl sites for hydroxylation is 1. The Morgan fingerprint density at radius 3 is 3.00 bits per heavy atom. The monoisotopic (exact) mass is 346 g/mol. The van der Waals surface area contributed by atoms with Crippen molar-refractivity contribution >= 4 is 28.4 Å². The molecule has 0 aliphatic heterocycles. The van der Waals surface area contributed by atoms with Crippen molar-refractivity contribution in [2.75, 3.05) is 13.2 Å². The molecule has 0 saturated carbocycles. The number of halogens is 1. The van der Waals surface area contributed by atoms with E-state index >= 15 is 0 Å². The van der Waals surface area contributed by atoms with Gasteiger partial charge in [0.05, 0.1) is 17.2 Å². The number of rotatable bonds is 6. The molecule has 5 heteroatoms. The number of hydrogen-bond acceptors (Lipinski definition) is 3. The van der Waals surface area contributed by atoms with Gasteiger partial charge in [-0.2, -0.15) is 0 Å². The smallest absolute Gasteiger partial charge is 0.252 e. The highest BCUT2D eigenvalue weighted by Gasteiger charge is 2.23. The summed E-state index contributed by atoms with van der Waals surface area (Å²) in [5.41, 5.74) is 3.73. The van der Waals surface area contributed by atoms with Crippen LogP contribution in [-0.4, -0.2) is 30.1 Å². The molecule has 2 aromatic rings. The predicted molar refractivity (Wildman–Crippen MR) is 96.8 cm³/mol. The topological polar surface area (TPSA) is 51.2 Å². The summed E-state index contributed by atoms with van der Waals surface area (Å²) >= 11 is 6.15. The van der Waals surface area contributed by atoms with Gasteiger partial charge in [-0.15, -0.1) is 0 Å². The van der Waals surface area contributed by atoms with E-state index in [2.05, 4.69) is 5.32 Å². The fourth-order valence-corrected chi connectivity index (χ4v) is 3.35. The van der Waals surface area contributed by atoms with E-state index in [1.807, 2.05) is 32.0 Å². The molecule has 1 aliphatic rings. The predicted octanol–water partition coefficient (Wildman–Crippen LogP) is 3.92. The van der Waals surface area contributed by atoms with E-state index in [0.717, 1.165) is 53.4 Å². The van der Waals surface area contributed by atoms with E-state index in [4.69, 9.17) is 21.3 Å². The van der Waals surface area contributed by atoms with Gasteiger partial charge in [-0.05, 0) is 63.3 Å². The van der Waals surface area contributed by atoms with Gasteiger partial charge < -0.3 is 10.1 Å². The average molecular weight is 347 g/mol. The van der Waals surface area contributed by atoms with Gasteiger partial charge in [0.25, 0.3) is 5.91 Å². The second kappa shape index (κ2) is 7.49. The van der Waals surface area contributed by atoms with Crippen LogP contribution in [0.25, 0.3) is 10.9 Å². The van der Waals surface area contributed by atoms with E-state index in [-0.39, 0.29) is 12.0 Å². The van der Waals surface area contributed by atoms with Crippen molar-refractivity contribution in [3.63, 3.8) is 0 Å². The fourth-order valence-electron chi connectivity index (χ4n) is 3.18. The maximum atomic E-state index is 12.8. The third-order valence-electron chi connectivity index (χ3n) is 4.26. The van der Waals surface area contributed by atoms with Crippen LogP contribution in [-0.2, 0) is 17.6 Å². The first kappa shape index (κ1) is 17.2. The number of nitrogens with one attached hydrogen (secondary N) is 1. The minimum atomic E-state index is -0.0348.